The second-order valence-corrected chi connectivity index (χ2v) is 12.8. The molecular formula is C40H64N2O4. The van der Waals surface area contributed by atoms with Crippen LogP contribution in [0.3, 0.4) is 0 Å². The van der Waals surface area contributed by atoms with Gasteiger partial charge in [0, 0.05) is 36.1 Å². The first-order valence-electron chi connectivity index (χ1n) is 18.4. The summed E-state index contributed by atoms with van der Waals surface area (Å²) in [6.45, 7) is 19.8. The molecule has 2 aromatic carbocycles. The highest BCUT2D eigenvalue weighted by Gasteiger charge is 2.28. The molecule has 0 spiro atoms. The Kier molecular flexibility index (Phi) is 20.2. The number of benzene rings is 2. The van der Waals surface area contributed by atoms with E-state index < -0.39 is 0 Å². The predicted octanol–water partition coefficient (Wildman–Crippen LogP) is 9.37. The van der Waals surface area contributed by atoms with Crippen molar-refractivity contribution >= 4 is 11.6 Å². The number of nitrogens with zero attached hydrogens (tertiary/aromatic N) is 2. The summed E-state index contributed by atoms with van der Waals surface area (Å²) in [6, 6.07) is 15.3. The Balaban J connectivity index is 2.32. The van der Waals surface area contributed by atoms with Gasteiger partial charge in [-0.15, -0.1) is 0 Å². The molecule has 0 aliphatic carbocycles. The summed E-state index contributed by atoms with van der Waals surface area (Å²) < 4.78 is 11.7. The van der Waals surface area contributed by atoms with Crippen molar-refractivity contribution in [3.63, 3.8) is 0 Å². The van der Waals surface area contributed by atoms with E-state index in [1.165, 1.54) is 0 Å². The van der Waals surface area contributed by atoms with Crippen LogP contribution in [0, 0.1) is 11.8 Å². The standard InChI is InChI=1S/C40H64N2O4/c1-7-13-29-45-37-21-17-33(18-22-37)39(43)35(31-41(25-9-3)26-10-4)15-16-36(32-42(27-11-5)28-12-6)40(44)34-19-23-38(24-20-34)46-30-14-8-2/h17-24,35-36H,7-16,25-32H2,1-6H3. The van der Waals surface area contributed by atoms with Crippen molar-refractivity contribution in [2.45, 2.75) is 106 Å². The van der Waals surface area contributed by atoms with Crippen LogP contribution in [0.4, 0.5) is 0 Å². The molecule has 0 bridgehead atoms. The molecular weight excluding hydrogens is 572 g/mol. The normalized spacial score (nSPS) is 12.8. The summed E-state index contributed by atoms with van der Waals surface area (Å²) in [5.41, 5.74) is 1.45. The van der Waals surface area contributed by atoms with Crippen molar-refractivity contribution in [3.05, 3.63) is 59.7 Å². The molecule has 0 aromatic heterocycles. The minimum absolute atomic E-state index is 0.163. The van der Waals surface area contributed by atoms with Crippen LogP contribution < -0.4 is 9.47 Å². The number of rotatable bonds is 27. The SMILES string of the molecule is CCCCOc1ccc(C(=O)C(CCC(CN(CCC)CCC)C(=O)c2ccc(OCCCC)cc2)CN(CCC)CCC)cc1. The van der Waals surface area contributed by atoms with E-state index >= 15 is 0 Å². The van der Waals surface area contributed by atoms with Gasteiger partial charge in [0.1, 0.15) is 11.5 Å². The first kappa shape index (κ1) is 39.5. The third-order valence-corrected chi connectivity index (χ3v) is 8.53. The lowest BCUT2D eigenvalue weighted by molar-refractivity contribution is 0.0808. The predicted molar refractivity (Wildman–Crippen MR) is 193 cm³/mol. The number of Topliss-reactive ketones (excluding diaryl/α,β-unsaturated/α-hetero) is 2. The van der Waals surface area contributed by atoms with Crippen molar-refractivity contribution in [1.82, 2.24) is 9.80 Å². The lowest BCUT2D eigenvalue weighted by Crippen LogP contribution is -2.37. The van der Waals surface area contributed by atoms with Crippen LogP contribution >= 0.6 is 0 Å². The highest BCUT2D eigenvalue weighted by atomic mass is 16.5. The maximum Gasteiger partial charge on any atom is 0.167 e. The fourth-order valence-electron chi connectivity index (χ4n) is 6.06. The summed E-state index contributed by atoms with van der Waals surface area (Å²) in [6.07, 6.45) is 9.75. The van der Waals surface area contributed by atoms with Crippen LogP contribution in [0.25, 0.3) is 0 Å². The number of carbonyl (C=O) groups is 2. The molecule has 0 aliphatic heterocycles. The molecule has 2 aromatic rings. The van der Waals surface area contributed by atoms with Gasteiger partial charge < -0.3 is 19.3 Å². The van der Waals surface area contributed by atoms with Gasteiger partial charge in [0.15, 0.2) is 11.6 Å². The first-order chi connectivity index (χ1) is 22.4. The zero-order chi connectivity index (χ0) is 33.6. The summed E-state index contributed by atoms with van der Waals surface area (Å²) in [7, 11) is 0. The molecule has 258 valence electrons. The van der Waals surface area contributed by atoms with Gasteiger partial charge in [-0.2, -0.15) is 0 Å². The topological polar surface area (TPSA) is 59.1 Å². The van der Waals surface area contributed by atoms with Crippen LogP contribution in [0.5, 0.6) is 11.5 Å². The summed E-state index contributed by atoms with van der Waals surface area (Å²) in [5, 5.41) is 0. The number of unbranched alkanes of at least 4 members (excludes halogenated alkanes) is 2. The van der Waals surface area contributed by atoms with Crippen molar-refractivity contribution in [3.8, 4) is 11.5 Å². The molecule has 2 atom stereocenters. The molecule has 0 radical (unpaired) electrons. The lowest BCUT2D eigenvalue weighted by Gasteiger charge is -2.29. The average Bonchev–Trinajstić information content (AvgIpc) is 3.06. The minimum atomic E-state index is -0.180. The lowest BCUT2D eigenvalue weighted by atomic mass is 9.85. The van der Waals surface area contributed by atoms with Crippen LogP contribution in [-0.2, 0) is 0 Å². The Hall–Kier alpha value is -2.70. The second-order valence-electron chi connectivity index (χ2n) is 12.8. The smallest absolute Gasteiger partial charge is 0.167 e. The quantitative estimate of drug-likeness (QED) is 0.0719. The molecule has 0 N–H and O–H groups in total. The maximum absolute atomic E-state index is 14.1. The van der Waals surface area contributed by atoms with Gasteiger partial charge in [0.05, 0.1) is 13.2 Å². The molecule has 0 aliphatic rings. The van der Waals surface area contributed by atoms with Crippen LogP contribution in [-0.4, -0.2) is 73.8 Å². The Bertz CT molecular complexity index is 986. The average molecular weight is 637 g/mol. The van der Waals surface area contributed by atoms with Gasteiger partial charge in [0.25, 0.3) is 0 Å². The molecule has 6 nitrogen and oxygen atoms in total. The Morgan fingerprint density at radius 3 is 1.13 bits per heavy atom. The van der Waals surface area contributed by atoms with Crippen molar-refractivity contribution in [2.24, 2.45) is 11.8 Å². The summed E-state index contributed by atoms with van der Waals surface area (Å²) in [4.78, 5) is 33.1. The van der Waals surface area contributed by atoms with E-state index in [1.54, 1.807) is 0 Å². The van der Waals surface area contributed by atoms with Crippen LogP contribution in [0.1, 0.15) is 126 Å². The number of carbonyl (C=O) groups excluding carboxylic acids is 2. The van der Waals surface area contributed by atoms with Gasteiger partial charge in [-0.05, 0) is 126 Å². The zero-order valence-corrected chi connectivity index (χ0v) is 30.0. The van der Waals surface area contributed by atoms with E-state index in [0.29, 0.717) is 39.1 Å². The number of ether oxygens (including phenoxy) is 2. The largest absolute Gasteiger partial charge is 0.494 e. The van der Waals surface area contributed by atoms with E-state index in [-0.39, 0.29) is 23.4 Å². The van der Waals surface area contributed by atoms with Gasteiger partial charge in [0.2, 0.25) is 0 Å². The molecule has 0 amide bonds. The minimum Gasteiger partial charge on any atom is -0.494 e. The zero-order valence-electron chi connectivity index (χ0n) is 30.0. The monoisotopic (exact) mass is 636 g/mol. The van der Waals surface area contributed by atoms with E-state index in [9.17, 15) is 9.59 Å². The second kappa shape index (κ2) is 23.6. The molecule has 2 unspecified atom stereocenters. The fourth-order valence-corrected chi connectivity index (χ4v) is 6.06. The third kappa shape index (κ3) is 14.4. The molecule has 46 heavy (non-hydrogen) atoms. The molecule has 0 fully saturated rings. The van der Waals surface area contributed by atoms with Crippen molar-refractivity contribution < 1.29 is 19.1 Å². The summed E-state index contributed by atoms with van der Waals surface area (Å²) >= 11 is 0. The molecule has 6 heteroatoms. The van der Waals surface area contributed by atoms with Crippen molar-refractivity contribution in [2.75, 3.05) is 52.5 Å². The maximum atomic E-state index is 14.1. The van der Waals surface area contributed by atoms with E-state index in [1.807, 2.05) is 48.5 Å². The van der Waals surface area contributed by atoms with E-state index in [4.69, 9.17) is 9.47 Å². The number of hydrogen-bond donors (Lipinski definition) is 0. The van der Waals surface area contributed by atoms with Gasteiger partial charge in [-0.25, -0.2) is 0 Å². The van der Waals surface area contributed by atoms with Crippen molar-refractivity contribution in [1.29, 1.82) is 0 Å². The van der Waals surface area contributed by atoms with Gasteiger partial charge >= 0.3 is 0 Å². The van der Waals surface area contributed by atoms with E-state index in [0.717, 1.165) is 100 Å². The molecule has 0 saturated heterocycles. The third-order valence-electron chi connectivity index (χ3n) is 8.53. The fraction of sp³-hybridized carbons (Fsp3) is 0.650. The molecule has 2 rings (SSSR count). The Labute approximate surface area is 281 Å². The summed E-state index contributed by atoms with van der Waals surface area (Å²) in [5.74, 6) is 1.58. The Morgan fingerprint density at radius 2 is 0.848 bits per heavy atom. The number of hydrogen-bond acceptors (Lipinski definition) is 6. The highest BCUT2D eigenvalue weighted by Crippen LogP contribution is 2.25. The Morgan fingerprint density at radius 1 is 0.522 bits per heavy atom. The van der Waals surface area contributed by atoms with Gasteiger partial charge in [-0.3, -0.25) is 9.59 Å². The number of ketones is 2. The van der Waals surface area contributed by atoms with Crippen LogP contribution in [0.15, 0.2) is 48.5 Å². The van der Waals surface area contributed by atoms with E-state index in [2.05, 4.69) is 51.3 Å². The van der Waals surface area contributed by atoms with Crippen LogP contribution in [0.2, 0.25) is 0 Å². The van der Waals surface area contributed by atoms with Gasteiger partial charge in [-0.1, -0.05) is 54.4 Å². The molecule has 0 saturated carbocycles. The first-order valence-corrected chi connectivity index (χ1v) is 18.4. The molecule has 0 heterocycles. The highest BCUT2D eigenvalue weighted by molar-refractivity contribution is 5.99.